The van der Waals surface area contributed by atoms with Crippen molar-refractivity contribution in [3.63, 3.8) is 0 Å². The number of allylic oxidation sites excluding steroid dienone is 4. The second kappa shape index (κ2) is 7.17. The molecule has 0 unspecified atom stereocenters. The number of aromatic nitrogens is 4. The van der Waals surface area contributed by atoms with Gasteiger partial charge in [0.2, 0.25) is 5.52 Å². The largest absolute Gasteiger partial charge is 0.307 e. The lowest BCUT2D eigenvalue weighted by Crippen LogP contribution is -2.26. The predicted molar refractivity (Wildman–Crippen MR) is 86.5 cm³/mol. The van der Waals surface area contributed by atoms with Crippen molar-refractivity contribution in [3.8, 4) is 0 Å². The smallest absolute Gasteiger partial charge is 0.290 e. The Morgan fingerprint density at radius 2 is 2.09 bits per heavy atom. The maximum absolute atomic E-state index is 9.23. The third-order valence-electron chi connectivity index (χ3n) is 3.57. The molecule has 0 aliphatic rings. The van der Waals surface area contributed by atoms with Crippen LogP contribution in [0.15, 0.2) is 36.0 Å². The molecule has 2 aromatic heterocycles. The second-order valence-corrected chi connectivity index (χ2v) is 5.76. The van der Waals surface area contributed by atoms with Gasteiger partial charge in [0.15, 0.2) is 18.5 Å². The minimum atomic E-state index is 0.418. The number of rotatable bonds is 6. The maximum Gasteiger partial charge on any atom is 0.307 e. The van der Waals surface area contributed by atoms with Crippen molar-refractivity contribution in [1.29, 1.82) is 0 Å². The Morgan fingerprint density at radius 1 is 1.32 bits per heavy atom. The number of anilines is 1. The summed E-state index contributed by atoms with van der Waals surface area (Å²) in [7, 11) is 1.93. The standard InChI is InChI=1S/C16H24N5O/c1-12(2)6-5-7-13(3)8-9-21-11-20(4)16-14(21)15(19-22)17-10-18-16/h6,8,10-11,22H,5,7,9H2,1-4H3,(H,17,18,19)/q+1/b13-8+. The van der Waals surface area contributed by atoms with E-state index < -0.39 is 0 Å². The Balaban J connectivity index is 2.19. The van der Waals surface area contributed by atoms with E-state index in [1.807, 2.05) is 22.5 Å². The first-order valence-corrected chi connectivity index (χ1v) is 7.41. The van der Waals surface area contributed by atoms with Crippen LogP contribution >= 0.6 is 0 Å². The van der Waals surface area contributed by atoms with Crippen molar-refractivity contribution < 1.29 is 9.77 Å². The second-order valence-electron chi connectivity index (χ2n) is 5.76. The topological polar surface area (TPSA) is 66.9 Å². The Hall–Kier alpha value is -2.21. The fourth-order valence-electron chi connectivity index (χ4n) is 2.38. The van der Waals surface area contributed by atoms with Crippen LogP contribution in [0.25, 0.3) is 11.2 Å². The summed E-state index contributed by atoms with van der Waals surface area (Å²) in [6.45, 7) is 7.11. The van der Waals surface area contributed by atoms with Gasteiger partial charge in [-0.25, -0.2) is 10.0 Å². The minimum absolute atomic E-state index is 0.418. The zero-order valence-electron chi connectivity index (χ0n) is 13.7. The van der Waals surface area contributed by atoms with Gasteiger partial charge in [0, 0.05) is 0 Å². The number of nitrogens with one attached hydrogen (secondary N) is 1. The molecule has 0 saturated carbocycles. The molecule has 0 radical (unpaired) electrons. The van der Waals surface area contributed by atoms with E-state index in [0.717, 1.165) is 30.6 Å². The summed E-state index contributed by atoms with van der Waals surface area (Å²) in [6, 6.07) is 0. The normalized spacial score (nSPS) is 11.8. The van der Waals surface area contributed by atoms with Crippen molar-refractivity contribution in [2.45, 2.75) is 40.2 Å². The molecule has 0 atom stereocenters. The number of fused-ring (bicyclic) bond motifs is 1. The highest BCUT2D eigenvalue weighted by Crippen LogP contribution is 2.17. The highest BCUT2D eigenvalue weighted by molar-refractivity contribution is 5.80. The lowest BCUT2D eigenvalue weighted by molar-refractivity contribution is -0.647. The third kappa shape index (κ3) is 3.71. The van der Waals surface area contributed by atoms with Gasteiger partial charge in [-0.2, -0.15) is 4.98 Å². The van der Waals surface area contributed by atoms with Crippen LogP contribution in [0.2, 0.25) is 0 Å². The lowest BCUT2D eigenvalue weighted by Gasteiger charge is -2.01. The van der Waals surface area contributed by atoms with Crippen LogP contribution in [-0.4, -0.2) is 19.7 Å². The van der Waals surface area contributed by atoms with Gasteiger partial charge in [-0.15, -0.1) is 0 Å². The summed E-state index contributed by atoms with van der Waals surface area (Å²) >= 11 is 0. The molecule has 0 fully saturated rings. The van der Waals surface area contributed by atoms with Crippen molar-refractivity contribution in [1.82, 2.24) is 14.5 Å². The Morgan fingerprint density at radius 3 is 2.77 bits per heavy atom. The molecule has 0 aliphatic heterocycles. The summed E-state index contributed by atoms with van der Waals surface area (Å²) in [4.78, 5) is 8.32. The molecule has 0 aromatic carbocycles. The molecule has 0 saturated heterocycles. The van der Waals surface area contributed by atoms with Gasteiger partial charge in [-0.05, 0) is 33.6 Å². The first-order valence-electron chi connectivity index (χ1n) is 7.41. The van der Waals surface area contributed by atoms with Crippen LogP contribution in [-0.2, 0) is 13.6 Å². The Kier molecular flexibility index (Phi) is 5.27. The van der Waals surface area contributed by atoms with Gasteiger partial charge in [0.1, 0.15) is 0 Å². The minimum Gasteiger partial charge on any atom is -0.290 e. The predicted octanol–water partition coefficient (Wildman–Crippen LogP) is 2.75. The molecule has 2 N–H and O–H groups in total. The van der Waals surface area contributed by atoms with Crippen LogP contribution in [0.5, 0.6) is 0 Å². The van der Waals surface area contributed by atoms with Crippen LogP contribution in [0.3, 0.4) is 0 Å². The molecule has 2 heterocycles. The zero-order chi connectivity index (χ0) is 16.1. The monoisotopic (exact) mass is 302 g/mol. The van der Waals surface area contributed by atoms with Gasteiger partial charge in [-0.1, -0.05) is 28.3 Å². The molecule has 6 nitrogen and oxygen atoms in total. The van der Waals surface area contributed by atoms with E-state index in [9.17, 15) is 5.21 Å². The first kappa shape index (κ1) is 16.2. The summed E-state index contributed by atoms with van der Waals surface area (Å²) in [5, 5.41) is 9.23. The molecular weight excluding hydrogens is 278 g/mol. The maximum atomic E-state index is 9.23. The van der Waals surface area contributed by atoms with Gasteiger partial charge in [0.05, 0.1) is 13.6 Å². The molecule has 0 aliphatic carbocycles. The van der Waals surface area contributed by atoms with Gasteiger partial charge >= 0.3 is 5.65 Å². The quantitative estimate of drug-likeness (QED) is 0.489. The Bertz CT molecular complexity index is 711. The summed E-state index contributed by atoms with van der Waals surface area (Å²) in [5.74, 6) is 0.418. The molecule has 0 spiro atoms. The van der Waals surface area contributed by atoms with Crippen molar-refractivity contribution in [3.05, 3.63) is 36.0 Å². The summed E-state index contributed by atoms with van der Waals surface area (Å²) in [5.41, 5.74) is 6.42. The molecule has 0 amide bonds. The van der Waals surface area contributed by atoms with Crippen LogP contribution in [0.1, 0.15) is 33.6 Å². The van der Waals surface area contributed by atoms with Crippen molar-refractivity contribution in [2.75, 3.05) is 5.48 Å². The number of hydrogen-bond donors (Lipinski definition) is 2. The van der Waals surface area contributed by atoms with E-state index >= 15 is 0 Å². The van der Waals surface area contributed by atoms with E-state index in [1.165, 1.54) is 17.5 Å². The van der Waals surface area contributed by atoms with Crippen LogP contribution in [0.4, 0.5) is 5.82 Å². The van der Waals surface area contributed by atoms with Gasteiger partial charge in [-0.3, -0.25) is 9.77 Å². The molecule has 118 valence electrons. The molecule has 0 bridgehead atoms. The SMILES string of the molecule is CC(C)=CCC/C(C)=C/Cn1c[n+](C)c2ncnc(NO)c21. The average molecular weight is 302 g/mol. The number of hydrogen-bond acceptors (Lipinski definition) is 4. The van der Waals surface area contributed by atoms with Crippen LogP contribution < -0.4 is 10.0 Å². The van der Waals surface area contributed by atoms with Gasteiger partial charge < -0.3 is 0 Å². The fraction of sp³-hybridized carbons (Fsp3) is 0.438. The highest BCUT2D eigenvalue weighted by Gasteiger charge is 2.18. The zero-order valence-corrected chi connectivity index (χ0v) is 13.7. The number of imidazole rings is 1. The van der Waals surface area contributed by atoms with E-state index in [1.54, 1.807) is 0 Å². The van der Waals surface area contributed by atoms with Crippen molar-refractivity contribution >= 4 is 17.0 Å². The molecule has 2 rings (SSSR count). The molecule has 2 aromatic rings. The van der Waals surface area contributed by atoms with Crippen molar-refractivity contribution in [2.24, 2.45) is 7.05 Å². The average Bonchev–Trinajstić information content (AvgIpc) is 2.81. The molecule has 22 heavy (non-hydrogen) atoms. The summed E-state index contributed by atoms with van der Waals surface area (Å²) < 4.78 is 3.95. The van der Waals surface area contributed by atoms with Gasteiger partial charge in [0.25, 0.3) is 0 Å². The van der Waals surface area contributed by atoms with E-state index in [4.69, 9.17) is 0 Å². The third-order valence-corrected chi connectivity index (χ3v) is 3.57. The molecule has 6 heteroatoms. The molecular formula is C16H24N5O+. The van der Waals surface area contributed by atoms with E-state index in [-0.39, 0.29) is 0 Å². The summed E-state index contributed by atoms with van der Waals surface area (Å²) in [6.07, 6.45) is 9.97. The number of aryl methyl sites for hydroxylation is 1. The Labute approximate surface area is 130 Å². The highest BCUT2D eigenvalue weighted by atomic mass is 16.5. The first-order chi connectivity index (χ1) is 10.5. The fourth-order valence-corrected chi connectivity index (χ4v) is 2.38. The van der Waals surface area contributed by atoms with E-state index in [2.05, 4.69) is 48.4 Å². The lowest BCUT2D eigenvalue weighted by atomic mass is 10.1. The van der Waals surface area contributed by atoms with Crippen LogP contribution in [0, 0.1) is 0 Å². The number of nitrogens with zero attached hydrogens (tertiary/aromatic N) is 4. The van der Waals surface area contributed by atoms with E-state index in [0.29, 0.717) is 5.82 Å².